The maximum Gasteiger partial charge on any atom is 0.408 e. The summed E-state index contributed by atoms with van der Waals surface area (Å²) in [5.74, 6) is -1.33. The third-order valence-electron chi connectivity index (χ3n) is 8.14. The zero-order valence-electron chi connectivity index (χ0n) is 20.0. The summed E-state index contributed by atoms with van der Waals surface area (Å²) in [4.78, 5) is 37.4. The first-order chi connectivity index (χ1) is 16.8. The van der Waals surface area contributed by atoms with Gasteiger partial charge in [0.15, 0.2) is 0 Å². The second-order valence-corrected chi connectivity index (χ2v) is 10.4. The normalized spacial score (nSPS) is 19.5. The van der Waals surface area contributed by atoms with Crippen molar-refractivity contribution in [2.75, 3.05) is 6.61 Å². The number of aliphatic carboxylic acids is 1. The number of hydrogen-bond acceptors (Lipinski definition) is 4. The van der Waals surface area contributed by atoms with Crippen LogP contribution in [0.15, 0.2) is 48.5 Å². The van der Waals surface area contributed by atoms with Crippen LogP contribution in [0.5, 0.6) is 0 Å². The molecule has 5 rings (SSSR count). The standard InChI is InChI=1S/C28H32N2O5/c1-2-18(14-24(31)32)29-25(33)28(16-27(17-28)12-7-13-27)30-26(34)35-15-23-21-10-5-3-8-19(21)20-9-4-6-11-22(20)23/h3-6,8-11,18,23H,2,7,12-17H2,1H3,(H,29,33)(H,30,34)(H,31,32). The van der Waals surface area contributed by atoms with Gasteiger partial charge in [0, 0.05) is 12.0 Å². The molecule has 3 N–H and O–H groups in total. The Hall–Kier alpha value is -3.35. The van der Waals surface area contributed by atoms with E-state index in [2.05, 4.69) is 34.9 Å². The SMILES string of the molecule is CCC(CC(=O)O)NC(=O)C1(NC(=O)OCC2c3ccccc3-c3ccccc32)CC2(CCC2)C1. The smallest absolute Gasteiger partial charge is 0.408 e. The topological polar surface area (TPSA) is 105 Å². The molecule has 3 aliphatic rings. The van der Waals surface area contributed by atoms with Crippen molar-refractivity contribution in [1.82, 2.24) is 10.6 Å². The molecule has 1 spiro atoms. The van der Waals surface area contributed by atoms with Gasteiger partial charge < -0.3 is 20.5 Å². The van der Waals surface area contributed by atoms with E-state index in [0.29, 0.717) is 19.3 Å². The summed E-state index contributed by atoms with van der Waals surface area (Å²) in [6.07, 6.45) is 4.14. The first-order valence-corrected chi connectivity index (χ1v) is 12.5. The Kier molecular flexibility index (Phi) is 6.03. The maximum absolute atomic E-state index is 13.3. The van der Waals surface area contributed by atoms with E-state index in [1.54, 1.807) is 0 Å². The van der Waals surface area contributed by atoms with Crippen molar-refractivity contribution in [1.29, 1.82) is 0 Å². The lowest BCUT2D eigenvalue weighted by Crippen LogP contribution is -2.71. The monoisotopic (exact) mass is 476 g/mol. The lowest BCUT2D eigenvalue weighted by Gasteiger charge is -2.59. The van der Waals surface area contributed by atoms with Crippen molar-refractivity contribution >= 4 is 18.0 Å². The van der Waals surface area contributed by atoms with Gasteiger partial charge in [0.25, 0.3) is 0 Å². The molecule has 2 saturated carbocycles. The molecule has 0 saturated heterocycles. The van der Waals surface area contributed by atoms with Gasteiger partial charge in [0.2, 0.25) is 5.91 Å². The molecule has 7 heteroatoms. The van der Waals surface area contributed by atoms with Crippen LogP contribution in [-0.2, 0) is 14.3 Å². The second kappa shape index (κ2) is 9.02. The highest BCUT2D eigenvalue weighted by atomic mass is 16.5. The van der Waals surface area contributed by atoms with Crippen LogP contribution in [-0.4, -0.2) is 41.3 Å². The van der Waals surface area contributed by atoms with E-state index in [-0.39, 0.29) is 30.3 Å². The molecule has 184 valence electrons. The van der Waals surface area contributed by atoms with Crippen LogP contribution in [0.3, 0.4) is 0 Å². The van der Waals surface area contributed by atoms with Gasteiger partial charge in [-0.05, 0) is 59.8 Å². The number of carbonyl (C=O) groups excluding carboxylic acids is 2. The predicted molar refractivity (Wildman–Crippen MR) is 131 cm³/mol. The molecule has 1 atom stereocenters. The van der Waals surface area contributed by atoms with E-state index in [1.807, 2.05) is 31.2 Å². The fraction of sp³-hybridized carbons (Fsp3) is 0.464. The Morgan fingerprint density at radius 2 is 1.63 bits per heavy atom. The first kappa shape index (κ1) is 23.4. The number of benzene rings is 2. The molecule has 2 aromatic carbocycles. The molecule has 0 heterocycles. The van der Waals surface area contributed by atoms with Crippen molar-refractivity contribution in [3.63, 3.8) is 0 Å². The van der Waals surface area contributed by atoms with Crippen LogP contribution in [0, 0.1) is 5.41 Å². The van der Waals surface area contributed by atoms with Gasteiger partial charge in [-0.15, -0.1) is 0 Å². The summed E-state index contributed by atoms with van der Waals surface area (Å²) in [6, 6.07) is 15.8. The molecule has 0 aliphatic heterocycles. The first-order valence-electron chi connectivity index (χ1n) is 12.5. The minimum atomic E-state index is -1.05. The molecule has 2 aromatic rings. The minimum Gasteiger partial charge on any atom is -0.481 e. The molecular formula is C28H32N2O5. The van der Waals surface area contributed by atoms with Gasteiger partial charge in [-0.1, -0.05) is 61.9 Å². The fourth-order valence-electron chi connectivity index (χ4n) is 6.23. The van der Waals surface area contributed by atoms with Crippen molar-refractivity contribution in [2.45, 2.75) is 69.4 Å². The second-order valence-electron chi connectivity index (χ2n) is 10.4. The average Bonchev–Trinajstić information content (AvgIpc) is 3.11. The number of carboxylic acid groups (broad SMARTS) is 1. The molecule has 2 amide bonds. The number of nitrogens with one attached hydrogen (secondary N) is 2. The van der Waals surface area contributed by atoms with Gasteiger partial charge >= 0.3 is 12.1 Å². The van der Waals surface area contributed by atoms with Crippen LogP contribution in [0.4, 0.5) is 4.79 Å². The lowest BCUT2D eigenvalue weighted by atomic mass is 9.48. The van der Waals surface area contributed by atoms with Crippen LogP contribution in [0.2, 0.25) is 0 Å². The molecule has 0 bridgehead atoms. The molecule has 2 fully saturated rings. The third kappa shape index (κ3) is 4.28. The van der Waals surface area contributed by atoms with Crippen LogP contribution in [0.25, 0.3) is 11.1 Å². The average molecular weight is 477 g/mol. The van der Waals surface area contributed by atoms with E-state index in [1.165, 1.54) is 0 Å². The summed E-state index contributed by atoms with van der Waals surface area (Å²) in [6.45, 7) is 2.02. The van der Waals surface area contributed by atoms with E-state index in [4.69, 9.17) is 9.84 Å². The number of alkyl carbamates (subject to hydrolysis) is 1. The Bertz CT molecular complexity index is 1100. The predicted octanol–water partition coefficient (Wildman–Crippen LogP) is 4.60. The molecule has 0 radical (unpaired) electrons. The summed E-state index contributed by atoms with van der Waals surface area (Å²) in [5, 5.41) is 14.9. The quantitative estimate of drug-likeness (QED) is 0.517. The largest absolute Gasteiger partial charge is 0.481 e. The molecule has 35 heavy (non-hydrogen) atoms. The highest BCUT2D eigenvalue weighted by Gasteiger charge is 2.61. The molecule has 3 aliphatic carbocycles. The van der Waals surface area contributed by atoms with E-state index >= 15 is 0 Å². The van der Waals surface area contributed by atoms with Crippen molar-refractivity contribution in [3.05, 3.63) is 59.7 Å². The highest BCUT2D eigenvalue weighted by molar-refractivity contribution is 5.92. The van der Waals surface area contributed by atoms with E-state index < -0.39 is 23.6 Å². The van der Waals surface area contributed by atoms with Crippen LogP contribution >= 0.6 is 0 Å². The number of ether oxygens (including phenoxy) is 1. The van der Waals surface area contributed by atoms with Crippen molar-refractivity contribution < 1.29 is 24.2 Å². The number of carbonyl (C=O) groups is 3. The minimum absolute atomic E-state index is 0.0580. The fourth-order valence-corrected chi connectivity index (χ4v) is 6.23. The van der Waals surface area contributed by atoms with E-state index in [0.717, 1.165) is 41.5 Å². The zero-order chi connectivity index (χ0) is 24.6. The maximum atomic E-state index is 13.3. The van der Waals surface area contributed by atoms with Gasteiger partial charge in [0.1, 0.15) is 12.1 Å². The summed E-state index contributed by atoms with van der Waals surface area (Å²) in [5.41, 5.74) is 3.64. The molecule has 7 nitrogen and oxygen atoms in total. The Labute approximate surface area is 205 Å². The Balaban J connectivity index is 1.27. The number of fused-ring (bicyclic) bond motifs is 3. The van der Waals surface area contributed by atoms with E-state index in [9.17, 15) is 14.4 Å². The van der Waals surface area contributed by atoms with Crippen molar-refractivity contribution in [2.24, 2.45) is 5.41 Å². The molecule has 1 unspecified atom stereocenters. The van der Waals surface area contributed by atoms with Gasteiger partial charge in [-0.2, -0.15) is 0 Å². The number of amides is 2. The van der Waals surface area contributed by atoms with Crippen molar-refractivity contribution in [3.8, 4) is 11.1 Å². The van der Waals surface area contributed by atoms with Gasteiger partial charge in [-0.25, -0.2) is 4.79 Å². The van der Waals surface area contributed by atoms with Crippen LogP contribution in [0.1, 0.15) is 68.9 Å². The molecular weight excluding hydrogens is 444 g/mol. The summed E-state index contributed by atoms with van der Waals surface area (Å²) >= 11 is 0. The summed E-state index contributed by atoms with van der Waals surface area (Å²) < 4.78 is 5.71. The number of hydrogen-bond donors (Lipinski definition) is 3. The number of carboxylic acids is 1. The number of rotatable bonds is 8. The third-order valence-corrected chi connectivity index (χ3v) is 8.14. The van der Waals surface area contributed by atoms with Gasteiger partial charge in [-0.3, -0.25) is 9.59 Å². The zero-order valence-corrected chi connectivity index (χ0v) is 20.0. The van der Waals surface area contributed by atoms with Crippen LogP contribution < -0.4 is 10.6 Å². The Morgan fingerprint density at radius 1 is 1.03 bits per heavy atom. The highest BCUT2D eigenvalue weighted by Crippen LogP contribution is 2.60. The summed E-state index contributed by atoms with van der Waals surface area (Å²) in [7, 11) is 0. The molecule has 0 aromatic heterocycles. The Morgan fingerprint density at radius 3 is 2.14 bits per heavy atom. The lowest BCUT2D eigenvalue weighted by molar-refractivity contribution is -0.145. The van der Waals surface area contributed by atoms with Gasteiger partial charge in [0.05, 0.1) is 6.42 Å².